The summed E-state index contributed by atoms with van der Waals surface area (Å²) >= 11 is 0. The van der Waals surface area contributed by atoms with Crippen LogP contribution >= 0.6 is 0 Å². The van der Waals surface area contributed by atoms with Gasteiger partial charge in [-0.1, -0.05) is 12.1 Å². The van der Waals surface area contributed by atoms with E-state index in [9.17, 15) is 0 Å². The Morgan fingerprint density at radius 3 is 2.86 bits per heavy atom. The zero-order chi connectivity index (χ0) is 20.2. The van der Waals surface area contributed by atoms with Crippen molar-refractivity contribution in [2.45, 2.75) is 6.54 Å². The maximum Gasteiger partial charge on any atom is 0.154 e. The van der Waals surface area contributed by atoms with Crippen molar-refractivity contribution in [1.29, 1.82) is 0 Å². The number of hydrogen-bond donors (Lipinski definition) is 2. The lowest BCUT2D eigenvalue weighted by Crippen LogP contribution is -2.19. The van der Waals surface area contributed by atoms with Gasteiger partial charge in [0.2, 0.25) is 0 Å². The second-order valence-corrected chi connectivity index (χ2v) is 6.73. The summed E-state index contributed by atoms with van der Waals surface area (Å²) in [6, 6.07) is 15.8. The molecular weight excluding hydrogens is 364 g/mol. The van der Waals surface area contributed by atoms with Gasteiger partial charge >= 0.3 is 0 Å². The van der Waals surface area contributed by atoms with E-state index < -0.39 is 0 Å². The Kier molecular flexibility index (Phi) is 5.11. The molecule has 0 aliphatic heterocycles. The van der Waals surface area contributed by atoms with Crippen LogP contribution in [0.3, 0.4) is 0 Å². The molecule has 0 spiro atoms. The van der Waals surface area contributed by atoms with Crippen LogP contribution in [0.1, 0.15) is 5.56 Å². The van der Waals surface area contributed by atoms with Crippen LogP contribution in [0.4, 0.5) is 23.0 Å². The van der Waals surface area contributed by atoms with Gasteiger partial charge in [0.1, 0.15) is 11.6 Å². The first-order valence-electron chi connectivity index (χ1n) is 9.20. The fraction of sp³-hybridized carbons (Fsp3) is 0.136. The number of pyridine rings is 3. The molecule has 29 heavy (non-hydrogen) atoms. The quantitative estimate of drug-likeness (QED) is 0.518. The number of hydrogen-bond acceptors (Lipinski definition) is 7. The van der Waals surface area contributed by atoms with Crippen molar-refractivity contribution in [2.24, 2.45) is 0 Å². The second kappa shape index (κ2) is 8.02. The molecule has 7 heteroatoms. The van der Waals surface area contributed by atoms with Gasteiger partial charge in [-0.3, -0.25) is 9.97 Å². The molecule has 7 nitrogen and oxygen atoms in total. The number of anilines is 4. The minimum Gasteiger partial charge on any atom is -0.495 e. The van der Waals surface area contributed by atoms with Crippen LogP contribution in [0.5, 0.6) is 5.75 Å². The third-order valence-electron chi connectivity index (χ3n) is 4.58. The molecule has 3 N–H and O–H groups in total. The maximum absolute atomic E-state index is 6.20. The maximum atomic E-state index is 6.20. The minimum absolute atomic E-state index is 0.615. The summed E-state index contributed by atoms with van der Waals surface area (Å²) in [5.74, 6) is 2.06. The van der Waals surface area contributed by atoms with Crippen molar-refractivity contribution in [2.75, 3.05) is 30.1 Å². The Morgan fingerprint density at radius 1 is 1.10 bits per heavy atom. The average molecular weight is 386 g/mol. The summed E-state index contributed by atoms with van der Waals surface area (Å²) in [6.45, 7) is 0.673. The zero-order valence-electron chi connectivity index (χ0n) is 16.3. The molecule has 3 heterocycles. The molecule has 146 valence electrons. The van der Waals surface area contributed by atoms with Gasteiger partial charge in [-0.25, -0.2) is 4.98 Å². The van der Waals surface area contributed by atoms with Crippen molar-refractivity contribution >= 4 is 33.9 Å². The number of benzene rings is 1. The Morgan fingerprint density at radius 2 is 2.00 bits per heavy atom. The van der Waals surface area contributed by atoms with Crippen molar-refractivity contribution in [1.82, 2.24) is 15.0 Å². The summed E-state index contributed by atoms with van der Waals surface area (Å²) in [7, 11) is 3.58. The highest BCUT2D eigenvalue weighted by molar-refractivity contribution is 5.79. The van der Waals surface area contributed by atoms with Crippen LogP contribution in [0.15, 0.2) is 67.1 Å². The van der Waals surface area contributed by atoms with Gasteiger partial charge in [0, 0.05) is 31.2 Å². The molecule has 0 atom stereocenters. The van der Waals surface area contributed by atoms with E-state index >= 15 is 0 Å². The highest BCUT2D eigenvalue weighted by Gasteiger charge is 2.10. The molecule has 0 saturated heterocycles. The monoisotopic (exact) mass is 386 g/mol. The first-order chi connectivity index (χ1) is 14.1. The van der Waals surface area contributed by atoms with Crippen molar-refractivity contribution in [3.63, 3.8) is 0 Å². The van der Waals surface area contributed by atoms with Crippen LogP contribution in [0, 0.1) is 0 Å². The third kappa shape index (κ3) is 4.19. The Labute approximate surface area is 169 Å². The Balaban J connectivity index is 1.55. The fourth-order valence-corrected chi connectivity index (χ4v) is 3.15. The molecule has 0 aliphatic carbocycles. The number of nitrogen functional groups attached to an aromatic ring is 1. The van der Waals surface area contributed by atoms with E-state index in [0.717, 1.165) is 22.2 Å². The van der Waals surface area contributed by atoms with Crippen LogP contribution in [0.2, 0.25) is 0 Å². The highest BCUT2D eigenvalue weighted by Crippen LogP contribution is 2.26. The van der Waals surface area contributed by atoms with E-state index in [0.29, 0.717) is 29.6 Å². The normalized spacial score (nSPS) is 10.7. The van der Waals surface area contributed by atoms with Gasteiger partial charge in [-0.05, 0) is 35.9 Å². The van der Waals surface area contributed by atoms with E-state index in [4.69, 9.17) is 15.5 Å². The SMILES string of the molecule is COc1cncc(Nc2ccc(N)c(N(C)Cc3ccc4ncccc4c3)n2)c1. The summed E-state index contributed by atoms with van der Waals surface area (Å²) in [5, 5.41) is 4.36. The predicted molar refractivity (Wildman–Crippen MR) is 117 cm³/mol. The molecule has 0 amide bonds. The molecule has 0 bridgehead atoms. The second-order valence-electron chi connectivity index (χ2n) is 6.73. The first-order valence-corrected chi connectivity index (χ1v) is 9.20. The molecule has 4 rings (SSSR count). The fourth-order valence-electron chi connectivity index (χ4n) is 3.15. The topological polar surface area (TPSA) is 89.2 Å². The van der Waals surface area contributed by atoms with E-state index in [1.165, 1.54) is 0 Å². The third-order valence-corrected chi connectivity index (χ3v) is 4.58. The van der Waals surface area contributed by atoms with Crippen LogP contribution in [-0.2, 0) is 6.54 Å². The molecule has 0 radical (unpaired) electrons. The van der Waals surface area contributed by atoms with E-state index in [1.54, 1.807) is 25.7 Å². The Hall–Kier alpha value is -3.87. The molecule has 0 unspecified atom stereocenters. The molecule has 1 aromatic carbocycles. The lowest BCUT2D eigenvalue weighted by atomic mass is 10.1. The van der Waals surface area contributed by atoms with E-state index in [2.05, 4.69) is 33.5 Å². The number of aromatic nitrogens is 3. The lowest BCUT2D eigenvalue weighted by molar-refractivity contribution is 0.413. The van der Waals surface area contributed by atoms with Crippen molar-refractivity contribution in [3.05, 3.63) is 72.7 Å². The largest absolute Gasteiger partial charge is 0.495 e. The van der Waals surface area contributed by atoms with Crippen LogP contribution in [-0.4, -0.2) is 29.1 Å². The van der Waals surface area contributed by atoms with Crippen molar-refractivity contribution < 1.29 is 4.74 Å². The standard InChI is InChI=1S/C22H22N6O/c1-28(14-15-5-7-20-16(10-15)4-3-9-25-20)22-19(23)6-8-21(27-22)26-17-11-18(29-2)13-24-12-17/h3-13H,14,23H2,1-2H3,(H,26,27). The van der Waals surface area contributed by atoms with Gasteiger partial charge in [0.25, 0.3) is 0 Å². The molecule has 3 aromatic heterocycles. The summed E-state index contributed by atoms with van der Waals surface area (Å²) in [4.78, 5) is 15.2. The van der Waals surface area contributed by atoms with Crippen molar-refractivity contribution in [3.8, 4) is 5.75 Å². The van der Waals surface area contributed by atoms with E-state index in [-0.39, 0.29) is 0 Å². The lowest BCUT2D eigenvalue weighted by Gasteiger charge is -2.21. The smallest absolute Gasteiger partial charge is 0.154 e. The van der Waals surface area contributed by atoms with E-state index in [1.807, 2.05) is 42.3 Å². The molecule has 0 saturated carbocycles. The average Bonchev–Trinajstić information content (AvgIpc) is 2.75. The van der Waals surface area contributed by atoms with Gasteiger partial charge in [-0.2, -0.15) is 0 Å². The van der Waals surface area contributed by atoms with Crippen LogP contribution in [0.25, 0.3) is 10.9 Å². The van der Waals surface area contributed by atoms with Gasteiger partial charge in [-0.15, -0.1) is 0 Å². The molecule has 4 aromatic rings. The summed E-state index contributed by atoms with van der Waals surface area (Å²) in [5.41, 5.74) is 9.74. The number of ether oxygens (including phenoxy) is 1. The number of nitrogens with zero attached hydrogens (tertiary/aromatic N) is 4. The first kappa shape index (κ1) is 18.5. The van der Waals surface area contributed by atoms with Gasteiger partial charge < -0.3 is 20.7 Å². The predicted octanol–water partition coefficient (Wildman–Crippen LogP) is 4.00. The molecule has 0 fully saturated rings. The number of nitrogens with one attached hydrogen (secondary N) is 1. The van der Waals surface area contributed by atoms with Gasteiger partial charge in [0.05, 0.1) is 36.4 Å². The molecule has 0 aliphatic rings. The Bertz CT molecular complexity index is 1150. The van der Waals surface area contributed by atoms with Gasteiger partial charge in [0.15, 0.2) is 5.82 Å². The number of nitrogens with two attached hydrogens (primary N) is 1. The van der Waals surface area contributed by atoms with Crippen LogP contribution < -0.4 is 20.7 Å². The number of rotatable bonds is 6. The minimum atomic E-state index is 0.615. The molecular formula is C22H22N6O. The highest BCUT2D eigenvalue weighted by atomic mass is 16.5. The number of methoxy groups -OCH3 is 1. The zero-order valence-corrected chi connectivity index (χ0v) is 16.3. The summed E-state index contributed by atoms with van der Waals surface area (Å²) < 4.78 is 5.21. The number of fused-ring (bicyclic) bond motifs is 1. The summed E-state index contributed by atoms with van der Waals surface area (Å²) in [6.07, 6.45) is 5.17.